The third kappa shape index (κ3) is 8.19. The number of anilines is 3. The van der Waals surface area contributed by atoms with Crippen LogP contribution in [0.25, 0.3) is 0 Å². The van der Waals surface area contributed by atoms with Gasteiger partial charge in [-0.1, -0.05) is 35.3 Å². The zero-order valence-corrected chi connectivity index (χ0v) is 26.3. The Hall–Kier alpha value is -3.98. The van der Waals surface area contributed by atoms with Gasteiger partial charge in [-0.25, -0.2) is 16.8 Å². The van der Waals surface area contributed by atoms with Crippen molar-refractivity contribution in [1.82, 2.24) is 0 Å². The molecule has 4 aromatic carbocycles. The molecule has 0 heterocycles. The number of nitrogens with one attached hydrogen (secondary N) is 2. The highest BCUT2D eigenvalue weighted by Gasteiger charge is 2.34. The summed E-state index contributed by atoms with van der Waals surface area (Å²) in [4.78, 5) is 12.7. The van der Waals surface area contributed by atoms with E-state index in [-0.39, 0.29) is 39.2 Å². The number of alkyl halides is 3. The van der Waals surface area contributed by atoms with E-state index < -0.39 is 49.3 Å². The maximum absolute atomic E-state index is 13.7. The number of rotatable bonds is 11. The number of hydrogen-bond acceptors (Lipinski definition) is 6. The SMILES string of the molecule is CCOc1ccccc1N(CC(=O)Nc1ccc(S(=O)(=O)Nc2ccc(Cl)c(C(F)(F)F)c2)cc1)S(=O)(=O)c1ccc(Cl)cc1. The largest absolute Gasteiger partial charge is 0.492 e. The van der Waals surface area contributed by atoms with Crippen LogP contribution in [0.3, 0.4) is 0 Å². The Balaban J connectivity index is 1.56. The normalized spacial score (nSPS) is 12.0. The van der Waals surface area contributed by atoms with Crippen molar-refractivity contribution in [2.45, 2.75) is 22.9 Å². The monoisotopic (exact) mass is 701 g/mol. The molecular weight excluding hydrogens is 678 g/mol. The molecule has 0 fully saturated rings. The van der Waals surface area contributed by atoms with Crippen LogP contribution in [-0.2, 0) is 31.0 Å². The van der Waals surface area contributed by atoms with Crippen LogP contribution in [0, 0.1) is 0 Å². The van der Waals surface area contributed by atoms with Crippen molar-refractivity contribution in [3.8, 4) is 5.75 Å². The topological polar surface area (TPSA) is 122 Å². The molecule has 0 radical (unpaired) electrons. The van der Waals surface area contributed by atoms with Gasteiger partial charge in [-0.2, -0.15) is 13.2 Å². The van der Waals surface area contributed by atoms with Gasteiger partial charge in [0.05, 0.1) is 32.7 Å². The van der Waals surface area contributed by atoms with Crippen LogP contribution in [-0.4, -0.2) is 35.9 Å². The van der Waals surface area contributed by atoms with Gasteiger partial charge in [0.2, 0.25) is 5.91 Å². The average Bonchev–Trinajstić information content (AvgIpc) is 2.97. The lowest BCUT2D eigenvalue weighted by Crippen LogP contribution is -2.38. The van der Waals surface area contributed by atoms with Crippen molar-refractivity contribution in [2.24, 2.45) is 0 Å². The Morgan fingerprint density at radius 1 is 0.844 bits per heavy atom. The lowest BCUT2D eigenvalue weighted by molar-refractivity contribution is -0.137. The minimum atomic E-state index is -4.80. The van der Waals surface area contributed by atoms with Crippen LogP contribution in [0.15, 0.2) is 101 Å². The van der Waals surface area contributed by atoms with Crippen LogP contribution in [0.2, 0.25) is 10.0 Å². The molecule has 0 saturated carbocycles. The molecule has 0 bridgehead atoms. The smallest absolute Gasteiger partial charge is 0.417 e. The minimum absolute atomic E-state index is 0.104. The quantitative estimate of drug-likeness (QED) is 0.173. The molecule has 4 rings (SSSR count). The van der Waals surface area contributed by atoms with Gasteiger partial charge in [0.15, 0.2) is 0 Å². The Labute approximate surface area is 267 Å². The van der Waals surface area contributed by atoms with E-state index in [1.165, 1.54) is 42.5 Å². The first-order valence-corrected chi connectivity index (χ1v) is 16.6. The summed E-state index contributed by atoms with van der Waals surface area (Å²) in [5.41, 5.74) is -1.35. The number of ether oxygens (including phenoxy) is 1. The molecule has 16 heteroatoms. The molecule has 45 heavy (non-hydrogen) atoms. The van der Waals surface area contributed by atoms with Gasteiger partial charge in [-0.15, -0.1) is 0 Å². The number of para-hydroxylation sites is 2. The summed E-state index contributed by atoms with van der Waals surface area (Å²) in [5.74, 6) is -0.552. The highest BCUT2D eigenvalue weighted by Crippen LogP contribution is 2.37. The van der Waals surface area contributed by atoms with Gasteiger partial charge in [-0.05, 0) is 85.8 Å². The van der Waals surface area contributed by atoms with Crippen LogP contribution in [0.1, 0.15) is 12.5 Å². The maximum Gasteiger partial charge on any atom is 0.417 e. The molecule has 1 amide bonds. The zero-order valence-electron chi connectivity index (χ0n) is 23.2. The van der Waals surface area contributed by atoms with Crippen molar-refractivity contribution in [3.63, 3.8) is 0 Å². The summed E-state index contributed by atoms with van der Waals surface area (Å²) in [6.45, 7) is 1.26. The van der Waals surface area contributed by atoms with Gasteiger partial charge < -0.3 is 10.1 Å². The zero-order chi connectivity index (χ0) is 33.0. The average molecular weight is 703 g/mol. The molecule has 2 N–H and O–H groups in total. The lowest BCUT2D eigenvalue weighted by atomic mass is 10.2. The molecule has 4 aromatic rings. The van der Waals surface area contributed by atoms with E-state index in [0.717, 1.165) is 28.6 Å². The molecule has 0 aliphatic carbocycles. The van der Waals surface area contributed by atoms with E-state index in [0.29, 0.717) is 11.1 Å². The summed E-state index contributed by atoms with van der Waals surface area (Å²) >= 11 is 11.5. The van der Waals surface area contributed by atoms with E-state index in [9.17, 15) is 34.8 Å². The molecule has 0 atom stereocenters. The molecule has 0 aliphatic heterocycles. The minimum Gasteiger partial charge on any atom is -0.492 e. The predicted molar refractivity (Wildman–Crippen MR) is 166 cm³/mol. The fourth-order valence-electron chi connectivity index (χ4n) is 4.04. The third-order valence-corrected chi connectivity index (χ3v) is 9.85. The number of sulfonamides is 2. The molecule has 0 unspecified atom stereocenters. The van der Waals surface area contributed by atoms with Crippen molar-refractivity contribution in [1.29, 1.82) is 0 Å². The molecular formula is C29H24Cl2F3N3O6S2. The van der Waals surface area contributed by atoms with Crippen molar-refractivity contribution >= 4 is 66.2 Å². The van der Waals surface area contributed by atoms with Crippen LogP contribution < -0.4 is 19.1 Å². The summed E-state index contributed by atoms with van der Waals surface area (Å²) in [6.07, 6.45) is -4.80. The standard InChI is InChI=1S/C29H24Cl2F3N3O6S2/c1-2-43-27-6-4-3-5-26(27)37(45(41,42)23-12-7-19(30)8-13-23)18-28(38)35-20-9-14-22(15-10-20)44(39,40)36-21-11-16-25(31)24(17-21)29(32,33)34/h3-17,36H,2,18H2,1H3,(H,35,38). The molecule has 9 nitrogen and oxygen atoms in total. The summed E-state index contributed by atoms with van der Waals surface area (Å²) < 4.78 is 101. The second-order valence-electron chi connectivity index (χ2n) is 9.24. The highest BCUT2D eigenvalue weighted by molar-refractivity contribution is 7.93. The highest BCUT2D eigenvalue weighted by atomic mass is 35.5. The Morgan fingerprint density at radius 2 is 1.44 bits per heavy atom. The van der Waals surface area contributed by atoms with Gasteiger partial charge in [0.1, 0.15) is 12.3 Å². The fraction of sp³-hybridized carbons (Fsp3) is 0.138. The summed E-state index contributed by atoms with van der Waals surface area (Å²) in [6, 6.07) is 18.9. The lowest BCUT2D eigenvalue weighted by Gasteiger charge is -2.26. The number of carbonyl (C=O) groups excluding carboxylic acids is 1. The number of carbonyl (C=O) groups is 1. The second kappa shape index (κ2) is 13.6. The number of halogens is 5. The van der Waals surface area contributed by atoms with E-state index in [1.807, 2.05) is 0 Å². The maximum atomic E-state index is 13.7. The van der Waals surface area contributed by atoms with Gasteiger partial charge in [-0.3, -0.25) is 13.8 Å². The second-order valence-corrected chi connectivity index (χ2v) is 13.6. The fourth-order valence-corrected chi connectivity index (χ4v) is 6.87. The van der Waals surface area contributed by atoms with Crippen molar-refractivity contribution < 1.29 is 39.5 Å². The Bertz CT molecular complexity index is 1910. The Morgan fingerprint density at radius 3 is 2.07 bits per heavy atom. The van der Waals surface area contributed by atoms with E-state index >= 15 is 0 Å². The van der Waals surface area contributed by atoms with Gasteiger partial charge in [0.25, 0.3) is 20.0 Å². The van der Waals surface area contributed by atoms with Crippen molar-refractivity contribution in [2.75, 3.05) is 27.5 Å². The molecule has 0 aromatic heterocycles. The molecule has 0 spiro atoms. The predicted octanol–water partition coefficient (Wildman–Crippen LogP) is 7.05. The molecule has 238 valence electrons. The number of hydrogen-bond donors (Lipinski definition) is 2. The molecule has 0 aliphatic rings. The van der Waals surface area contributed by atoms with Crippen molar-refractivity contribution in [3.05, 3.63) is 107 Å². The van der Waals surface area contributed by atoms with Gasteiger partial charge >= 0.3 is 6.18 Å². The van der Waals surface area contributed by atoms with Crippen LogP contribution in [0.4, 0.5) is 30.2 Å². The number of nitrogens with zero attached hydrogens (tertiary/aromatic N) is 1. The number of amides is 1. The van der Waals surface area contributed by atoms with Crippen LogP contribution in [0.5, 0.6) is 5.75 Å². The van der Waals surface area contributed by atoms with Crippen LogP contribution >= 0.6 is 23.2 Å². The van der Waals surface area contributed by atoms with E-state index in [4.69, 9.17) is 27.9 Å². The van der Waals surface area contributed by atoms with E-state index in [1.54, 1.807) is 25.1 Å². The molecule has 0 saturated heterocycles. The first-order chi connectivity index (χ1) is 21.1. The summed E-state index contributed by atoms with van der Waals surface area (Å²) in [7, 11) is -8.64. The Kier molecular flexibility index (Phi) is 10.2. The number of benzene rings is 4. The first-order valence-electron chi connectivity index (χ1n) is 12.9. The third-order valence-electron chi connectivity index (χ3n) is 6.09. The van der Waals surface area contributed by atoms with E-state index in [2.05, 4.69) is 10.0 Å². The summed E-state index contributed by atoms with van der Waals surface area (Å²) in [5, 5.41) is 2.24. The van der Waals surface area contributed by atoms with Gasteiger partial charge in [0, 0.05) is 16.4 Å². The first kappa shape index (κ1) is 33.9.